The smallest absolute Gasteiger partial charge is 0.339 e. The Bertz CT molecular complexity index is 6640. The van der Waals surface area contributed by atoms with Gasteiger partial charge in [0, 0.05) is 86.2 Å². The quantitative estimate of drug-likeness (QED) is 0.0146. The minimum Gasteiger partial charge on any atom is -0.496 e. The first kappa shape index (κ1) is 96.7. The van der Waals surface area contributed by atoms with E-state index in [0.29, 0.717) is 124 Å². The third-order valence-electron chi connectivity index (χ3n) is 21.0. The van der Waals surface area contributed by atoms with Gasteiger partial charge in [-0.2, -0.15) is 0 Å². The second kappa shape index (κ2) is 49.4. The molecule has 16 aromatic rings. The molecule has 21 nitrogen and oxygen atoms in total. The van der Waals surface area contributed by atoms with Crippen LogP contribution in [0.1, 0.15) is 118 Å². The van der Waals surface area contributed by atoms with Gasteiger partial charge in [-0.05, 0) is 193 Å². The number of carbonyl (C=O) groups is 7. The Labute approximate surface area is 780 Å². The van der Waals surface area contributed by atoms with E-state index in [2.05, 4.69) is 76.1 Å². The molecule has 16 rings (SSSR count). The second-order valence-corrected chi connectivity index (χ2v) is 31.3. The van der Waals surface area contributed by atoms with Crippen LogP contribution in [0, 0.1) is 26.6 Å². The number of ketones is 3. The van der Waals surface area contributed by atoms with Crippen molar-refractivity contribution in [3.8, 4) is 57.3 Å². The molecule has 3 N–H and O–H groups in total. The van der Waals surface area contributed by atoms with E-state index in [4.69, 9.17) is 42.6 Å². The van der Waals surface area contributed by atoms with Crippen LogP contribution in [0.5, 0.6) is 46.0 Å². The normalized spacial score (nSPS) is 10.4. The van der Waals surface area contributed by atoms with Gasteiger partial charge < -0.3 is 58.2 Å². The molecule has 0 fully saturated rings. The summed E-state index contributed by atoms with van der Waals surface area (Å²) in [5, 5.41) is 11.9. The van der Waals surface area contributed by atoms with Crippen molar-refractivity contribution in [1.29, 1.82) is 0 Å². The molecule has 0 radical (unpaired) electrons. The van der Waals surface area contributed by atoms with Crippen molar-refractivity contribution in [1.82, 2.24) is 9.97 Å². The van der Waals surface area contributed by atoms with Gasteiger partial charge in [-0.25, -0.2) is 14.2 Å². The van der Waals surface area contributed by atoms with Gasteiger partial charge in [0.25, 0.3) is 5.91 Å². The summed E-state index contributed by atoms with van der Waals surface area (Å²) in [7, 11) is 6.21. The van der Waals surface area contributed by atoms with E-state index in [1.165, 1.54) is 24.8 Å². The molecule has 14 aromatic carbocycles. The molecule has 0 unspecified atom stereocenters. The number of rotatable bonds is 34. The molecule has 0 spiro atoms. The van der Waals surface area contributed by atoms with Crippen LogP contribution in [0.15, 0.2) is 338 Å². The Morgan fingerprint density at radius 1 is 0.418 bits per heavy atom. The number of carbonyl (C=O) groups excluding carboxylic acids is 7. The largest absolute Gasteiger partial charge is 0.496 e. The van der Waals surface area contributed by atoms with Gasteiger partial charge in [-0.15, -0.1) is 11.3 Å². The third-order valence-corrected chi connectivity index (χ3v) is 21.8. The zero-order valence-corrected chi connectivity index (χ0v) is 75.8. The number of halogens is 1. The maximum absolute atomic E-state index is 13.3. The molecule has 0 atom stereocenters. The van der Waals surface area contributed by atoms with Crippen molar-refractivity contribution in [3.05, 3.63) is 427 Å². The van der Waals surface area contributed by atoms with Gasteiger partial charge in [-0.1, -0.05) is 200 Å². The number of methoxy groups -OCH3 is 4. The van der Waals surface area contributed by atoms with Crippen molar-refractivity contribution in [2.75, 3.05) is 72.1 Å². The minimum atomic E-state index is -0.695. The maximum Gasteiger partial charge on any atom is 0.339 e. The van der Waals surface area contributed by atoms with Gasteiger partial charge in [-0.3, -0.25) is 33.6 Å². The Hall–Kier alpha value is -16.4. The van der Waals surface area contributed by atoms with Crippen LogP contribution < -0.4 is 54.1 Å². The molecule has 0 aliphatic rings. The van der Waals surface area contributed by atoms with Gasteiger partial charge >= 0.3 is 5.97 Å². The van der Waals surface area contributed by atoms with Crippen LogP contribution in [0.25, 0.3) is 32.9 Å². The highest BCUT2D eigenvalue weighted by atomic mass is 32.1. The molecule has 23 heteroatoms. The number of aldehydes is 2. The van der Waals surface area contributed by atoms with Crippen molar-refractivity contribution < 1.29 is 80.6 Å². The highest BCUT2D eigenvalue weighted by Crippen LogP contribution is 2.33. The van der Waals surface area contributed by atoms with Crippen molar-refractivity contribution in [2.24, 2.45) is 0 Å². The summed E-state index contributed by atoms with van der Waals surface area (Å²) in [4.78, 5) is 103. The number of thiazole rings is 1. The summed E-state index contributed by atoms with van der Waals surface area (Å²) < 4.78 is 61.9. The SMILES string of the molecule is COc1cc(C=O)ccc1OCCCOc1ccccc1F.COc1cc(C=O)ccc1OCCOc1cccc2ccccc12.COc1ccccc1C(=O)Cc1ccc(Cc2ccc(CC(=O)c3ccccc3OC)cc2)cc1.Cc1ccc(C(=O)COC(=O)c2cc(=O)[nH]c3ccccc23)cc1C.Cc1ccc(Nc2nc(-c3ccc(NC(=O)c4ccccc4)cc3)cs2)cc1. The Morgan fingerprint density at radius 3 is 1.50 bits per heavy atom. The molecule has 0 aliphatic carbocycles. The van der Waals surface area contributed by atoms with Gasteiger partial charge in [0.1, 0.15) is 43.0 Å². The molecule has 2 heterocycles. The second-order valence-electron chi connectivity index (χ2n) is 30.4. The number of H-pyrrole nitrogens is 1. The first-order chi connectivity index (χ1) is 65.2. The molecular weight excluding hydrogens is 1710 g/mol. The number of amides is 1. The van der Waals surface area contributed by atoms with E-state index in [1.54, 1.807) is 160 Å². The van der Waals surface area contributed by atoms with Crippen LogP contribution >= 0.6 is 11.3 Å². The number of aryl methyl sites for hydroxylation is 3. The molecule has 678 valence electrons. The highest BCUT2D eigenvalue weighted by Gasteiger charge is 2.20. The van der Waals surface area contributed by atoms with Gasteiger partial charge in [0.2, 0.25) is 5.56 Å². The lowest BCUT2D eigenvalue weighted by atomic mass is 9.97. The number of benzene rings is 14. The first-order valence-corrected chi connectivity index (χ1v) is 43.8. The zero-order chi connectivity index (χ0) is 94.5. The zero-order valence-electron chi connectivity index (χ0n) is 74.9. The predicted molar refractivity (Wildman–Crippen MR) is 523 cm³/mol. The third kappa shape index (κ3) is 28.1. The fourth-order valence-electron chi connectivity index (χ4n) is 13.8. The van der Waals surface area contributed by atoms with Crippen LogP contribution in [0.2, 0.25) is 0 Å². The number of hydrogen-bond donors (Lipinski definition) is 3. The number of nitrogens with zero attached hydrogens (tertiary/aromatic N) is 1. The number of esters is 1. The van der Waals surface area contributed by atoms with Gasteiger partial charge in [0.05, 0.1) is 64.0 Å². The van der Waals surface area contributed by atoms with E-state index in [9.17, 15) is 42.7 Å². The molecule has 0 aliphatic heterocycles. The van der Waals surface area contributed by atoms with Crippen LogP contribution in [-0.4, -0.2) is 113 Å². The lowest BCUT2D eigenvalue weighted by Gasteiger charge is -2.12. The summed E-state index contributed by atoms with van der Waals surface area (Å²) in [6, 6.07) is 99.7. The number of aromatic amines is 1. The number of nitrogens with one attached hydrogen (secondary N) is 3. The Kier molecular flexibility index (Phi) is 35.6. The van der Waals surface area contributed by atoms with Crippen LogP contribution in [0.3, 0.4) is 0 Å². The Morgan fingerprint density at radius 2 is 0.918 bits per heavy atom. The van der Waals surface area contributed by atoms with Crippen molar-refractivity contribution in [2.45, 2.75) is 46.5 Å². The predicted octanol–water partition coefficient (Wildman–Crippen LogP) is 23.1. The highest BCUT2D eigenvalue weighted by molar-refractivity contribution is 7.14. The molecule has 0 bridgehead atoms. The van der Waals surface area contributed by atoms with Crippen LogP contribution in [0.4, 0.5) is 20.9 Å². The number of para-hydroxylation sites is 4. The fourth-order valence-corrected chi connectivity index (χ4v) is 14.5. The molecule has 0 saturated carbocycles. The first-order valence-electron chi connectivity index (χ1n) is 42.9. The van der Waals surface area contributed by atoms with Crippen molar-refractivity contribution >= 4 is 91.3 Å². The average Bonchev–Trinajstić information content (AvgIpc) is 0.960. The molecular formula is C111H99FN4O17S. The van der Waals surface area contributed by atoms with E-state index < -0.39 is 11.5 Å². The minimum absolute atomic E-state index is 0.0356. The topological polar surface area (TPSA) is 272 Å². The maximum atomic E-state index is 13.3. The van der Waals surface area contributed by atoms with Crippen molar-refractivity contribution in [3.63, 3.8) is 0 Å². The summed E-state index contributed by atoms with van der Waals surface area (Å²) in [6.07, 6.45) is 3.55. The van der Waals surface area contributed by atoms with Crippen LogP contribution in [-0.2, 0) is 24.0 Å². The lowest BCUT2D eigenvalue weighted by Crippen LogP contribution is -2.17. The molecule has 1 amide bonds. The molecule has 134 heavy (non-hydrogen) atoms. The monoisotopic (exact) mass is 1810 g/mol. The standard InChI is InChI=1S/C31H28O4.C23H19N3OS.C20H17NO4.C20H18O4.C17H17FO4/c1-34-30-9-5-3-7-26(30)28(32)20-24-15-11-22(12-16-24)19-23-13-17-25(18-14-23)21-29(33)27-8-4-6-10-31(27)35-2;1-16-7-11-20(12-8-16)25-23-26-21(15-28-23)17-9-13-19(14-10-17)24-22(27)18-5-3-2-4-6-18;1-12-7-8-14(9-13(12)2)18(22)11-25-20(24)16-10-19(23)21-17-6-4-3-5-15(16)17;1-22-20-13-15(14-21)9-10-19(20)24-12-11-23-18-8-4-6-16-5-2-3-7-17(16)18;1-20-17-11-13(12-19)7-8-16(17)22-10-4-9-21-15-6-3-2-5-14(15)18/h3-18H,19-21H2,1-2H3;2-15H,1H3,(H,24,27)(H,25,26);3-10H,11H2,1-2H3,(H,21,23);2-10,13-14H,11-12H2,1H3;2-3,5-8,11-12H,4,9-10H2,1H3. The van der Waals surface area contributed by atoms with E-state index >= 15 is 0 Å². The summed E-state index contributed by atoms with van der Waals surface area (Å²) >= 11 is 1.56. The number of anilines is 3. The number of aromatic nitrogens is 2. The Balaban J connectivity index is 0.000000152. The molecule has 2 aromatic heterocycles. The number of fused-ring (bicyclic) bond motifs is 2. The average molecular weight is 1810 g/mol. The van der Waals surface area contributed by atoms with E-state index in [-0.39, 0.29) is 47.0 Å². The lowest BCUT2D eigenvalue weighted by molar-refractivity contribution is 0.0476. The summed E-state index contributed by atoms with van der Waals surface area (Å²) in [5.41, 5.74) is 14.9. The summed E-state index contributed by atoms with van der Waals surface area (Å²) in [5.74, 6) is 3.03. The summed E-state index contributed by atoms with van der Waals surface area (Å²) in [6.45, 7) is 7.09. The van der Waals surface area contributed by atoms with E-state index in [0.717, 1.165) is 96.7 Å². The number of ether oxygens (including phenoxy) is 9. The fraction of sp³-hybridized carbons (Fsp3) is 0.144. The number of hydrogen-bond acceptors (Lipinski definition) is 20. The number of pyridine rings is 1. The van der Waals surface area contributed by atoms with Gasteiger partial charge in [0.15, 0.2) is 63.7 Å². The number of Topliss-reactive ketones (excluding diaryl/α,β-unsaturated/α-hetero) is 3. The molecule has 0 saturated heterocycles. The van der Waals surface area contributed by atoms with E-state index in [1.807, 2.05) is 159 Å².